The van der Waals surface area contributed by atoms with Crippen molar-refractivity contribution < 1.29 is 4.74 Å². The number of rotatable bonds is 5. The van der Waals surface area contributed by atoms with Crippen LogP contribution in [-0.2, 0) is 0 Å². The third-order valence-electron chi connectivity index (χ3n) is 2.86. The number of nitrogens with one attached hydrogen (secondary N) is 1. The minimum absolute atomic E-state index is 0.0880. The Morgan fingerprint density at radius 2 is 1.84 bits per heavy atom. The second-order valence-corrected chi connectivity index (χ2v) is 4.90. The van der Waals surface area contributed by atoms with Crippen molar-refractivity contribution >= 4 is 11.6 Å². The van der Waals surface area contributed by atoms with Crippen LogP contribution in [0.1, 0.15) is 6.92 Å². The number of ether oxygens (including phenoxy) is 1. The molecule has 0 aliphatic rings. The Morgan fingerprint density at radius 1 is 1.11 bits per heavy atom. The van der Waals surface area contributed by atoms with Crippen molar-refractivity contribution in [3.05, 3.63) is 53.6 Å². The normalized spacial score (nSPS) is 12.2. The van der Waals surface area contributed by atoms with E-state index in [4.69, 9.17) is 16.3 Å². The lowest BCUT2D eigenvalue weighted by Crippen LogP contribution is -2.26. The zero-order valence-electron chi connectivity index (χ0n) is 11.2. The van der Waals surface area contributed by atoms with E-state index in [1.54, 1.807) is 0 Å². The minimum atomic E-state index is 0.0880. The van der Waals surface area contributed by atoms with E-state index in [0.717, 1.165) is 23.4 Å². The van der Waals surface area contributed by atoms with Crippen molar-refractivity contribution in [2.75, 3.05) is 13.6 Å². The number of likely N-dealkylation sites (N-methyl/N-ethyl adjacent to an activating group) is 1. The van der Waals surface area contributed by atoms with Crippen molar-refractivity contribution in [2.45, 2.75) is 13.0 Å². The van der Waals surface area contributed by atoms with Gasteiger partial charge in [-0.05, 0) is 37.2 Å². The lowest BCUT2D eigenvalue weighted by Gasteiger charge is -2.15. The second-order valence-electron chi connectivity index (χ2n) is 4.50. The zero-order chi connectivity index (χ0) is 13.7. The molecule has 0 heterocycles. The van der Waals surface area contributed by atoms with E-state index in [2.05, 4.69) is 17.4 Å². The van der Waals surface area contributed by atoms with Crippen LogP contribution in [0.25, 0.3) is 11.1 Å². The van der Waals surface area contributed by atoms with Crippen molar-refractivity contribution in [1.29, 1.82) is 0 Å². The molecule has 100 valence electrons. The topological polar surface area (TPSA) is 21.3 Å². The second kappa shape index (κ2) is 6.60. The monoisotopic (exact) mass is 275 g/mol. The molecule has 2 aromatic rings. The zero-order valence-corrected chi connectivity index (χ0v) is 11.9. The molecule has 2 nitrogen and oxygen atoms in total. The van der Waals surface area contributed by atoms with Gasteiger partial charge in [-0.2, -0.15) is 0 Å². The maximum absolute atomic E-state index is 6.28. The molecule has 0 saturated carbocycles. The molecule has 1 atom stereocenters. The molecule has 19 heavy (non-hydrogen) atoms. The van der Waals surface area contributed by atoms with E-state index in [1.165, 1.54) is 0 Å². The number of benzene rings is 2. The van der Waals surface area contributed by atoms with Crippen LogP contribution >= 0.6 is 11.6 Å². The number of hydrogen-bond acceptors (Lipinski definition) is 2. The summed E-state index contributed by atoms with van der Waals surface area (Å²) < 4.78 is 5.78. The van der Waals surface area contributed by atoms with Gasteiger partial charge in [-0.1, -0.05) is 48.0 Å². The molecule has 0 radical (unpaired) electrons. The summed E-state index contributed by atoms with van der Waals surface area (Å²) in [5.74, 6) is 0.726. The van der Waals surface area contributed by atoms with Crippen LogP contribution in [0.15, 0.2) is 48.5 Å². The lowest BCUT2D eigenvalue weighted by atomic mass is 10.1. The molecule has 1 N–H and O–H groups in total. The molecule has 0 amide bonds. The predicted molar refractivity (Wildman–Crippen MR) is 80.9 cm³/mol. The van der Waals surface area contributed by atoms with Gasteiger partial charge in [0.05, 0.1) is 5.02 Å². The Morgan fingerprint density at radius 3 is 2.47 bits per heavy atom. The molecule has 0 aliphatic heterocycles. The Bertz CT molecular complexity index is 528. The summed E-state index contributed by atoms with van der Waals surface area (Å²) in [6.45, 7) is 2.80. The highest BCUT2D eigenvalue weighted by Crippen LogP contribution is 2.30. The van der Waals surface area contributed by atoms with E-state index < -0.39 is 0 Å². The van der Waals surface area contributed by atoms with Crippen LogP contribution in [0, 0.1) is 0 Å². The van der Waals surface area contributed by atoms with Crippen molar-refractivity contribution in [2.24, 2.45) is 0 Å². The third-order valence-corrected chi connectivity index (χ3v) is 3.15. The van der Waals surface area contributed by atoms with Gasteiger partial charge >= 0.3 is 0 Å². The van der Waals surface area contributed by atoms with E-state index in [1.807, 2.05) is 50.4 Å². The Kier molecular flexibility index (Phi) is 4.83. The number of halogens is 1. The van der Waals surface area contributed by atoms with Gasteiger partial charge in [-0.3, -0.25) is 0 Å². The Balaban J connectivity index is 2.18. The highest BCUT2D eigenvalue weighted by atomic mass is 35.5. The van der Waals surface area contributed by atoms with Crippen LogP contribution < -0.4 is 10.1 Å². The highest BCUT2D eigenvalue weighted by molar-refractivity contribution is 6.32. The fraction of sp³-hybridized carbons (Fsp3) is 0.250. The summed E-state index contributed by atoms with van der Waals surface area (Å²) in [5, 5.41) is 3.72. The van der Waals surface area contributed by atoms with E-state index in [0.29, 0.717) is 5.02 Å². The average Bonchev–Trinajstić information content (AvgIpc) is 2.42. The van der Waals surface area contributed by atoms with Gasteiger partial charge in [-0.25, -0.2) is 0 Å². The largest absolute Gasteiger partial charge is 0.488 e. The first-order chi connectivity index (χ1) is 9.20. The van der Waals surface area contributed by atoms with Crippen LogP contribution in [0.3, 0.4) is 0 Å². The molecule has 0 spiro atoms. The molecule has 0 aromatic heterocycles. The average molecular weight is 276 g/mol. The van der Waals surface area contributed by atoms with Gasteiger partial charge in [0, 0.05) is 6.54 Å². The quantitative estimate of drug-likeness (QED) is 0.891. The molecule has 3 heteroatoms. The molecule has 2 aromatic carbocycles. The van der Waals surface area contributed by atoms with Crippen LogP contribution in [-0.4, -0.2) is 19.7 Å². The Hall–Kier alpha value is -1.51. The van der Waals surface area contributed by atoms with Gasteiger partial charge < -0.3 is 10.1 Å². The fourth-order valence-electron chi connectivity index (χ4n) is 1.95. The summed E-state index contributed by atoms with van der Waals surface area (Å²) in [4.78, 5) is 0. The van der Waals surface area contributed by atoms with Crippen molar-refractivity contribution in [3.8, 4) is 16.9 Å². The van der Waals surface area contributed by atoms with Gasteiger partial charge in [0.2, 0.25) is 0 Å². The SMILES string of the molecule is CNCC(C)Oc1ccc(-c2ccccc2)cc1Cl. The predicted octanol–water partition coefficient (Wildman–Crippen LogP) is 3.99. The number of hydrogen-bond donors (Lipinski definition) is 1. The van der Waals surface area contributed by atoms with E-state index in [-0.39, 0.29) is 6.10 Å². The molecular weight excluding hydrogens is 258 g/mol. The van der Waals surface area contributed by atoms with Crippen molar-refractivity contribution in [3.63, 3.8) is 0 Å². The highest BCUT2D eigenvalue weighted by Gasteiger charge is 2.08. The van der Waals surface area contributed by atoms with Gasteiger partial charge in [0.25, 0.3) is 0 Å². The van der Waals surface area contributed by atoms with E-state index in [9.17, 15) is 0 Å². The molecule has 0 saturated heterocycles. The molecular formula is C16H18ClNO. The molecule has 0 aliphatic carbocycles. The lowest BCUT2D eigenvalue weighted by molar-refractivity contribution is 0.221. The summed E-state index contributed by atoms with van der Waals surface area (Å²) in [7, 11) is 1.90. The summed E-state index contributed by atoms with van der Waals surface area (Å²) in [6.07, 6.45) is 0.0880. The summed E-state index contributed by atoms with van der Waals surface area (Å²) in [5.41, 5.74) is 2.25. The standard InChI is InChI=1S/C16H18ClNO/c1-12(11-18-2)19-16-9-8-14(10-15(16)17)13-6-4-3-5-7-13/h3-10,12,18H,11H2,1-2H3. The van der Waals surface area contributed by atoms with Gasteiger partial charge in [0.15, 0.2) is 0 Å². The molecule has 0 fully saturated rings. The van der Waals surface area contributed by atoms with E-state index >= 15 is 0 Å². The van der Waals surface area contributed by atoms with Gasteiger partial charge in [-0.15, -0.1) is 0 Å². The molecule has 1 unspecified atom stereocenters. The maximum Gasteiger partial charge on any atom is 0.138 e. The first-order valence-electron chi connectivity index (χ1n) is 6.37. The van der Waals surface area contributed by atoms with Crippen LogP contribution in [0.5, 0.6) is 5.75 Å². The van der Waals surface area contributed by atoms with Crippen molar-refractivity contribution in [1.82, 2.24) is 5.32 Å². The smallest absolute Gasteiger partial charge is 0.138 e. The fourth-order valence-corrected chi connectivity index (χ4v) is 2.18. The van der Waals surface area contributed by atoms with Crippen LogP contribution in [0.2, 0.25) is 5.02 Å². The summed E-state index contributed by atoms with van der Waals surface area (Å²) >= 11 is 6.28. The van der Waals surface area contributed by atoms with Crippen LogP contribution in [0.4, 0.5) is 0 Å². The summed E-state index contributed by atoms with van der Waals surface area (Å²) in [6, 6.07) is 16.1. The first kappa shape index (κ1) is 13.9. The Labute approximate surface area is 119 Å². The first-order valence-corrected chi connectivity index (χ1v) is 6.74. The molecule has 2 rings (SSSR count). The van der Waals surface area contributed by atoms with Gasteiger partial charge in [0.1, 0.15) is 11.9 Å². The maximum atomic E-state index is 6.28. The molecule has 0 bridgehead atoms. The minimum Gasteiger partial charge on any atom is -0.488 e. The third kappa shape index (κ3) is 3.72.